The van der Waals surface area contributed by atoms with Gasteiger partial charge in [0.15, 0.2) is 0 Å². The Morgan fingerprint density at radius 3 is 2.78 bits per heavy atom. The zero-order chi connectivity index (χ0) is 12.8. The second kappa shape index (κ2) is 6.55. The Morgan fingerprint density at radius 2 is 2.17 bits per heavy atom. The topological polar surface area (TPSA) is 32.3 Å². The average molecular weight is 246 g/mol. The van der Waals surface area contributed by atoms with Crippen LogP contribution in [0.5, 0.6) is 0 Å². The number of nitrogens with zero attached hydrogens (tertiary/aromatic N) is 1. The summed E-state index contributed by atoms with van der Waals surface area (Å²) in [5.74, 6) is 0.759. The molecule has 0 aliphatic carbocycles. The summed E-state index contributed by atoms with van der Waals surface area (Å²) in [5, 5.41) is 3.41. The summed E-state index contributed by atoms with van der Waals surface area (Å²) in [4.78, 5) is 14.3. The Hall–Kier alpha value is -1.35. The van der Waals surface area contributed by atoms with Gasteiger partial charge in [0.05, 0.1) is 0 Å². The molecule has 2 rings (SSSR count). The van der Waals surface area contributed by atoms with E-state index in [2.05, 4.69) is 12.2 Å². The molecule has 1 fully saturated rings. The van der Waals surface area contributed by atoms with Gasteiger partial charge in [0.2, 0.25) is 0 Å². The summed E-state index contributed by atoms with van der Waals surface area (Å²) < 4.78 is 0. The number of carbonyl (C=O) groups excluding carboxylic acids is 1. The highest BCUT2D eigenvalue weighted by atomic mass is 16.2. The monoisotopic (exact) mass is 246 g/mol. The number of rotatable bonds is 4. The van der Waals surface area contributed by atoms with Gasteiger partial charge in [-0.2, -0.15) is 0 Å². The first-order chi connectivity index (χ1) is 8.81. The van der Waals surface area contributed by atoms with Gasteiger partial charge in [0.25, 0.3) is 5.91 Å². The van der Waals surface area contributed by atoms with Crippen molar-refractivity contribution in [3.63, 3.8) is 0 Å². The lowest BCUT2D eigenvalue weighted by atomic mass is 9.99. The van der Waals surface area contributed by atoms with Gasteiger partial charge in [-0.25, -0.2) is 0 Å². The molecule has 1 heterocycles. The quantitative estimate of drug-likeness (QED) is 0.883. The van der Waals surface area contributed by atoms with Crippen LogP contribution in [-0.4, -0.2) is 37.0 Å². The van der Waals surface area contributed by atoms with Crippen LogP contribution in [0.1, 0.15) is 30.1 Å². The van der Waals surface area contributed by atoms with Crippen LogP contribution in [-0.2, 0) is 0 Å². The highest BCUT2D eigenvalue weighted by molar-refractivity contribution is 5.94. The smallest absolute Gasteiger partial charge is 0.253 e. The molecule has 1 aromatic carbocycles. The Morgan fingerprint density at radius 1 is 1.39 bits per heavy atom. The summed E-state index contributed by atoms with van der Waals surface area (Å²) in [5.41, 5.74) is 0.795. The van der Waals surface area contributed by atoms with Crippen molar-refractivity contribution in [3.05, 3.63) is 35.9 Å². The molecule has 0 bridgehead atoms. The second-order valence-corrected chi connectivity index (χ2v) is 4.92. The molecule has 1 N–H and O–H groups in total. The third kappa shape index (κ3) is 3.33. The molecular weight excluding hydrogens is 224 g/mol. The minimum atomic E-state index is 0.156. The molecule has 0 spiro atoms. The van der Waals surface area contributed by atoms with Crippen LogP contribution in [0.3, 0.4) is 0 Å². The molecule has 3 heteroatoms. The minimum Gasteiger partial charge on any atom is -0.339 e. The molecule has 18 heavy (non-hydrogen) atoms. The van der Waals surface area contributed by atoms with Crippen LogP contribution in [0.15, 0.2) is 30.3 Å². The van der Waals surface area contributed by atoms with Crippen molar-refractivity contribution in [1.82, 2.24) is 10.2 Å². The van der Waals surface area contributed by atoms with E-state index >= 15 is 0 Å². The van der Waals surface area contributed by atoms with Crippen LogP contribution in [0.2, 0.25) is 0 Å². The van der Waals surface area contributed by atoms with E-state index in [-0.39, 0.29) is 5.91 Å². The van der Waals surface area contributed by atoms with Gasteiger partial charge in [-0.15, -0.1) is 0 Å². The van der Waals surface area contributed by atoms with E-state index in [4.69, 9.17) is 0 Å². The summed E-state index contributed by atoms with van der Waals surface area (Å²) in [6.07, 6.45) is 2.45. The van der Waals surface area contributed by atoms with Crippen molar-refractivity contribution < 1.29 is 4.79 Å². The maximum atomic E-state index is 12.4. The van der Waals surface area contributed by atoms with E-state index in [1.165, 1.54) is 12.8 Å². The van der Waals surface area contributed by atoms with Gasteiger partial charge in [-0.1, -0.05) is 18.2 Å². The van der Waals surface area contributed by atoms with E-state index in [1.54, 1.807) is 0 Å². The fourth-order valence-corrected chi connectivity index (χ4v) is 2.51. The number of hydrogen-bond acceptors (Lipinski definition) is 2. The molecule has 1 amide bonds. The number of piperidine rings is 1. The third-order valence-corrected chi connectivity index (χ3v) is 3.57. The van der Waals surface area contributed by atoms with Gasteiger partial charge < -0.3 is 10.2 Å². The average Bonchev–Trinajstić information content (AvgIpc) is 2.46. The molecule has 0 radical (unpaired) electrons. The van der Waals surface area contributed by atoms with E-state index in [1.807, 2.05) is 35.2 Å². The van der Waals surface area contributed by atoms with Crippen molar-refractivity contribution >= 4 is 5.91 Å². The first-order valence-corrected chi connectivity index (χ1v) is 6.86. The first-order valence-electron chi connectivity index (χ1n) is 6.86. The van der Waals surface area contributed by atoms with Crippen molar-refractivity contribution in [2.45, 2.75) is 19.8 Å². The molecular formula is C15H22N2O. The Bertz CT molecular complexity index is 371. The maximum absolute atomic E-state index is 12.4. The number of benzene rings is 1. The lowest BCUT2D eigenvalue weighted by Crippen LogP contribution is -2.41. The predicted molar refractivity (Wildman–Crippen MR) is 73.6 cm³/mol. The fourth-order valence-electron chi connectivity index (χ4n) is 2.51. The van der Waals surface area contributed by atoms with Gasteiger partial charge in [0.1, 0.15) is 0 Å². The van der Waals surface area contributed by atoms with Crippen LogP contribution in [0.4, 0.5) is 0 Å². The van der Waals surface area contributed by atoms with Crippen molar-refractivity contribution in [3.8, 4) is 0 Å². The van der Waals surface area contributed by atoms with Crippen LogP contribution >= 0.6 is 0 Å². The largest absolute Gasteiger partial charge is 0.339 e. The molecule has 1 aromatic rings. The highest BCUT2D eigenvalue weighted by Gasteiger charge is 2.20. The molecule has 1 unspecified atom stereocenters. The number of carbonyl (C=O) groups is 1. The number of nitrogens with one attached hydrogen (secondary N) is 1. The Kier molecular flexibility index (Phi) is 4.76. The number of amides is 1. The summed E-state index contributed by atoms with van der Waals surface area (Å²) in [7, 11) is 0. The van der Waals surface area contributed by atoms with E-state index in [9.17, 15) is 4.79 Å². The zero-order valence-electron chi connectivity index (χ0n) is 11.1. The highest BCUT2D eigenvalue weighted by Crippen LogP contribution is 2.13. The fraction of sp³-hybridized carbons (Fsp3) is 0.533. The normalized spacial score (nSPS) is 19.5. The summed E-state index contributed by atoms with van der Waals surface area (Å²) >= 11 is 0. The molecule has 0 aromatic heterocycles. The van der Waals surface area contributed by atoms with Crippen molar-refractivity contribution in [2.24, 2.45) is 5.92 Å². The van der Waals surface area contributed by atoms with E-state index in [0.29, 0.717) is 5.92 Å². The van der Waals surface area contributed by atoms with Gasteiger partial charge in [-0.3, -0.25) is 4.79 Å². The molecule has 1 aliphatic heterocycles. The van der Waals surface area contributed by atoms with Gasteiger partial charge in [-0.05, 0) is 50.9 Å². The van der Waals surface area contributed by atoms with Crippen LogP contribution in [0.25, 0.3) is 0 Å². The lowest BCUT2D eigenvalue weighted by Gasteiger charge is -2.29. The molecule has 1 saturated heterocycles. The summed E-state index contributed by atoms with van der Waals surface area (Å²) in [6.45, 7) is 5.87. The van der Waals surface area contributed by atoms with E-state index < -0.39 is 0 Å². The van der Waals surface area contributed by atoms with Crippen LogP contribution in [0, 0.1) is 5.92 Å². The maximum Gasteiger partial charge on any atom is 0.253 e. The zero-order valence-corrected chi connectivity index (χ0v) is 11.1. The third-order valence-electron chi connectivity index (χ3n) is 3.57. The van der Waals surface area contributed by atoms with Crippen molar-refractivity contribution in [1.29, 1.82) is 0 Å². The number of hydrogen-bond donors (Lipinski definition) is 1. The lowest BCUT2D eigenvalue weighted by molar-refractivity contribution is 0.0729. The predicted octanol–water partition coefficient (Wildman–Crippen LogP) is 2.15. The van der Waals surface area contributed by atoms with Crippen molar-refractivity contribution in [2.75, 3.05) is 26.2 Å². The molecule has 1 atom stereocenters. The molecule has 3 nitrogen and oxygen atoms in total. The van der Waals surface area contributed by atoms with Gasteiger partial charge in [0, 0.05) is 18.7 Å². The SMILES string of the molecule is CCN(CC1CCCNC1)C(=O)c1ccccc1. The molecule has 0 saturated carbocycles. The Labute approximate surface area is 109 Å². The first kappa shape index (κ1) is 13.1. The minimum absolute atomic E-state index is 0.156. The summed E-state index contributed by atoms with van der Waals surface area (Å²) in [6, 6.07) is 9.57. The van der Waals surface area contributed by atoms with E-state index in [0.717, 1.165) is 31.7 Å². The van der Waals surface area contributed by atoms with Gasteiger partial charge >= 0.3 is 0 Å². The Balaban J connectivity index is 1.97. The second-order valence-electron chi connectivity index (χ2n) is 4.92. The van der Waals surface area contributed by atoms with Crippen LogP contribution < -0.4 is 5.32 Å². The molecule has 98 valence electrons. The standard InChI is InChI=1S/C15H22N2O/c1-2-17(12-13-7-6-10-16-11-13)15(18)14-8-4-3-5-9-14/h3-5,8-9,13,16H,2,6-7,10-12H2,1H3. The molecule has 1 aliphatic rings.